The highest BCUT2D eigenvalue weighted by Crippen LogP contribution is 2.33. The molecule has 1 aliphatic carbocycles. The summed E-state index contributed by atoms with van der Waals surface area (Å²) in [6, 6.07) is 6.63. The monoisotopic (exact) mass is 347 g/mol. The molecule has 7 heteroatoms. The van der Waals surface area contributed by atoms with Crippen LogP contribution in [0.15, 0.2) is 30.5 Å². The van der Waals surface area contributed by atoms with Gasteiger partial charge >= 0.3 is 5.97 Å². The maximum atomic E-state index is 12.5. The molecule has 1 unspecified atom stereocenters. The van der Waals surface area contributed by atoms with E-state index >= 15 is 0 Å². The number of benzene rings is 1. The second kappa shape index (κ2) is 6.65. The molecule has 0 saturated heterocycles. The van der Waals surface area contributed by atoms with Gasteiger partial charge in [-0.3, -0.25) is 4.79 Å². The van der Waals surface area contributed by atoms with Crippen molar-refractivity contribution in [3.63, 3.8) is 0 Å². The Morgan fingerprint density at radius 3 is 2.71 bits per heavy atom. The van der Waals surface area contributed by atoms with Crippen LogP contribution < -0.4 is 5.32 Å². The lowest BCUT2D eigenvalue weighted by molar-refractivity contribution is -0.143. The summed E-state index contributed by atoms with van der Waals surface area (Å²) >= 11 is 6.17. The average Bonchev–Trinajstić information content (AvgIpc) is 3.34. The molecular weight excluding hydrogens is 330 g/mol. The van der Waals surface area contributed by atoms with Crippen LogP contribution >= 0.6 is 11.6 Å². The van der Waals surface area contributed by atoms with Crippen molar-refractivity contribution in [3.8, 4) is 5.69 Å². The number of carbonyl (C=O) groups excluding carboxylic acids is 2. The van der Waals surface area contributed by atoms with Gasteiger partial charge in [-0.1, -0.05) is 23.7 Å². The van der Waals surface area contributed by atoms with Crippen LogP contribution in [-0.2, 0) is 9.53 Å². The minimum atomic E-state index is -0.618. The molecule has 1 heterocycles. The minimum absolute atomic E-state index is 0.146. The first kappa shape index (κ1) is 16.5. The molecule has 0 bridgehead atoms. The van der Waals surface area contributed by atoms with Crippen molar-refractivity contribution in [3.05, 3.63) is 46.7 Å². The van der Waals surface area contributed by atoms with Crippen molar-refractivity contribution in [2.75, 3.05) is 7.11 Å². The third-order valence-electron chi connectivity index (χ3n) is 4.05. The summed E-state index contributed by atoms with van der Waals surface area (Å²) in [6.45, 7) is 1.79. The van der Waals surface area contributed by atoms with Crippen LogP contribution in [0.5, 0.6) is 0 Å². The zero-order valence-corrected chi connectivity index (χ0v) is 14.2. The number of hydrogen-bond acceptors (Lipinski definition) is 4. The van der Waals surface area contributed by atoms with Gasteiger partial charge in [-0.15, -0.1) is 0 Å². The van der Waals surface area contributed by atoms with E-state index in [1.54, 1.807) is 23.9 Å². The molecule has 1 atom stereocenters. The maximum Gasteiger partial charge on any atom is 0.328 e. The molecule has 1 aromatic carbocycles. The fourth-order valence-corrected chi connectivity index (χ4v) is 2.80. The zero-order valence-electron chi connectivity index (χ0n) is 13.5. The van der Waals surface area contributed by atoms with Crippen LogP contribution in [0.2, 0.25) is 5.02 Å². The van der Waals surface area contributed by atoms with E-state index in [4.69, 9.17) is 16.3 Å². The number of aromatic nitrogens is 2. The van der Waals surface area contributed by atoms with Crippen LogP contribution in [0.1, 0.15) is 28.9 Å². The van der Waals surface area contributed by atoms with Gasteiger partial charge in [-0.05, 0) is 37.8 Å². The third kappa shape index (κ3) is 3.28. The van der Waals surface area contributed by atoms with Gasteiger partial charge in [0.25, 0.3) is 5.91 Å². The number of carbonyl (C=O) groups is 2. The van der Waals surface area contributed by atoms with Gasteiger partial charge in [0.2, 0.25) is 0 Å². The first-order valence-corrected chi connectivity index (χ1v) is 8.09. The Labute approximate surface area is 144 Å². The highest BCUT2D eigenvalue weighted by molar-refractivity contribution is 6.32. The van der Waals surface area contributed by atoms with Gasteiger partial charge in [0.15, 0.2) is 5.69 Å². The molecule has 0 radical (unpaired) electrons. The van der Waals surface area contributed by atoms with Crippen LogP contribution in [0.4, 0.5) is 0 Å². The summed E-state index contributed by atoms with van der Waals surface area (Å²) in [5.41, 5.74) is 1.66. The average molecular weight is 348 g/mol. The highest BCUT2D eigenvalue weighted by Gasteiger charge is 2.38. The summed E-state index contributed by atoms with van der Waals surface area (Å²) in [7, 11) is 1.32. The molecule has 2 aromatic rings. The number of nitrogens with one attached hydrogen (secondary N) is 1. The van der Waals surface area contributed by atoms with Crippen molar-refractivity contribution in [2.24, 2.45) is 5.92 Å². The highest BCUT2D eigenvalue weighted by atomic mass is 35.5. The van der Waals surface area contributed by atoms with Crippen molar-refractivity contribution < 1.29 is 14.3 Å². The molecule has 1 aromatic heterocycles. The Hall–Kier alpha value is -2.34. The van der Waals surface area contributed by atoms with Crippen LogP contribution in [0.3, 0.4) is 0 Å². The second-order valence-corrected chi connectivity index (χ2v) is 6.28. The Morgan fingerprint density at radius 1 is 1.38 bits per heavy atom. The number of hydrogen-bond donors (Lipinski definition) is 1. The quantitative estimate of drug-likeness (QED) is 0.843. The number of methoxy groups -OCH3 is 1. The summed E-state index contributed by atoms with van der Waals surface area (Å²) in [5.74, 6) is -0.665. The second-order valence-electron chi connectivity index (χ2n) is 5.87. The van der Waals surface area contributed by atoms with Crippen molar-refractivity contribution in [1.82, 2.24) is 15.1 Å². The van der Waals surface area contributed by atoms with Gasteiger partial charge in [-0.25, -0.2) is 9.48 Å². The van der Waals surface area contributed by atoms with E-state index in [1.165, 1.54) is 7.11 Å². The third-order valence-corrected chi connectivity index (χ3v) is 4.37. The van der Waals surface area contributed by atoms with Crippen LogP contribution in [0.25, 0.3) is 5.69 Å². The summed E-state index contributed by atoms with van der Waals surface area (Å²) < 4.78 is 6.34. The fourth-order valence-electron chi connectivity index (χ4n) is 2.58. The van der Waals surface area contributed by atoms with E-state index < -0.39 is 12.0 Å². The van der Waals surface area contributed by atoms with E-state index in [1.807, 2.05) is 18.2 Å². The number of aryl methyl sites for hydroxylation is 1. The lowest BCUT2D eigenvalue weighted by Gasteiger charge is -2.15. The van der Waals surface area contributed by atoms with E-state index in [9.17, 15) is 9.59 Å². The lowest BCUT2D eigenvalue weighted by atomic mass is 10.1. The predicted octanol–water partition coefficient (Wildman–Crippen LogP) is 2.52. The van der Waals surface area contributed by atoms with Crippen LogP contribution in [0, 0.1) is 12.8 Å². The largest absolute Gasteiger partial charge is 0.467 e. The molecule has 1 aliphatic rings. The summed E-state index contributed by atoms with van der Waals surface area (Å²) in [4.78, 5) is 24.4. The van der Waals surface area contributed by atoms with Gasteiger partial charge in [0.05, 0.1) is 17.8 Å². The number of amides is 1. The predicted molar refractivity (Wildman–Crippen MR) is 89.3 cm³/mol. The molecule has 1 N–H and O–H groups in total. The summed E-state index contributed by atoms with van der Waals surface area (Å²) in [6.07, 6.45) is 3.56. The van der Waals surface area contributed by atoms with E-state index in [-0.39, 0.29) is 17.5 Å². The number of nitrogens with zero attached hydrogens (tertiary/aromatic N) is 2. The molecule has 24 heavy (non-hydrogen) atoms. The lowest BCUT2D eigenvalue weighted by Crippen LogP contribution is -2.43. The van der Waals surface area contributed by atoms with Crippen molar-refractivity contribution in [2.45, 2.75) is 25.8 Å². The molecule has 1 amide bonds. The first-order valence-electron chi connectivity index (χ1n) is 7.71. The molecule has 1 saturated carbocycles. The van der Waals surface area contributed by atoms with Gasteiger partial charge < -0.3 is 10.1 Å². The normalized spacial score (nSPS) is 15.0. The Morgan fingerprint density at radius 2 is 2.08 bits per heavy atom. The topological polar surface area (TPSA) is 73.2 Å². The maximum absolute atomic E-state index is 12.5. The molecule has 6 nitrogen and oxygen atoms in total. The smallest absolute Gasteiger partial charge is 0.328 e. The van der Waals surface area contributed by atoms with Crippen molar-refractivity contribution in [1.29, 1.82) is 0 Å². The number of rotatable bonds is 5. The van der Waals surface area contributed by atoms with E-state index in [0.717, 1.165) is 12.8 Å². The van der Waals surface area contributed by atoms with Crippen molar-refractivity contribution >= 4 is 23.5 Å². The number of para-hydroxylation sites is 1. The summed E-state index contributed by atoms with van der Waals surface area (Å²) in [5, 5.41) is 7.61. The molecule has 126 valence electrons. The van der Waals surface area contributed by atoms with Crippen LogP contribution in [-0.4, -0.2) is 34.8 Å². The zero-order chi connectivity index (χ0) is 17.3. The minimum Gasteiger partial charge on any atom is -0.467 e. The molecule has 1 fully saturated rings. The number of ether oxygens (including phenoxy) is 1. The Balaban J connectivity index is 1.83. The number of esters is 1. The van der Waals surface area contributed by atoms with Gasteiger partial charge in [0.1, 0.15) is 6.04 Å². The molecular formula is C17H18ClN3O3. The standard InChI is InChI=1S/C17H18ClN3O3/c1-10-9-21(13-6-4-3-5-12(13)18)20-14(10)16(22)19-15(11-7-8-11)17(23)24-2/h3-6,9,11,15H,7-8H2,1-2H3,(H,19,22). The van der Waals surface area contributed by atoms with E-state index in [0.29, 0.717) is 16.3 Å². The SMILES string of the molecule is COC(=O)C(NC(=O)c1nn(-c2ccccc2Cl)cc1C)C1CC1. The number of halogens is 1. The Kier molecular flexibility index (Phi) is 4.57. The molecule has 3 rings (SSSR count). The van der Waals surface area contributed by atoms with E-state index in [2.05, 4.69) is 10.4 Å². The Bertz CT molecular complexity index is 783. The fraction of sp³-hybridized carbons (Fsp3) is 0.353. The van der Waals surface area contributed by atoms with Gasteiger partial charge in [-0.2, -0.15) is 5.10 Å². The molecule has 0 aliphatic heterocycles. The molecule has 0 spiro atoms. The van der Waals surface area contributed by atoms with Gasteiger partial charge in [0, 0.05) is 11.8 Å². The first-order chi connectivity index (χ1) is 11.5.